The van der Waals surface area contributed by atoms with Gasteiger partial charge < -0.3 is 10.2 Å². The molecule has 1 unspecified atom stereocenters. The summed E-state index contributed by atoms with van der Waals surface area (Å²) in [5.74, 6) is -1.22. The molecule has 1 aliphatic heterocycles. The molecular formula is C22H29FN2O4S2. The second-order valence-corrected chi connectivity index (χ2v) is 12.8. The summed E-state index contributed by atoms with van der Waals surface area (Å²) in [7, 11) is -3.64. The number of hydrogen-bond donors (Lipinski definition) is 1. The van der Waals surface area contributed by atoms with Gasteiger partial charge in [-0.3, -0.25) is 0 Å². The maximum absolute atomic E-state index is 13.5. The fourth-order valence-electron chi connectivity index (χ4n) is 4.06. The molecule has 170 valence electrons. The average molecular weight is 469 g/mol. The van der Waals surface area contributed by atoms with Gasteiger partial charge in [0, 0.05) is 18.6 Å². The fraction of sp³-hybridized carbons (Fsp3) is 0.455. The van der Waals surface area contributed by atoms with E-state index in [9.17, 15) is 21.2 Å². The zero-order valence-electron chi connectivity index (χ0n) is 18.2. The molecule has 2 aromatic rings. The van der Waals surface area contributed by atoms with E-state index in [1.165, 1.54) is 13.0 Å². The summed E-state index contributed by atoms with van der Waals surface area (Å²) in [6.45, 7) is 3.91. The summed E-state index contributed by atoms with van der Waals surface area (Å²) in [6, 6.07) is 10.7. The maximum Gasteiger partial charge on any atom is 0.184 e. The Balaban J connectivity index is 1.87. The highest BCUT2D eigenvalue weighted by atomic mass is 32.2. The van der Waals surface area contributed by atoms with E-state index in [0.29, 0.717) is 6.54 Å². The highest BCUT2D eigenvalue weighted by Gasteiger charge is 2.46. The SMILES string of the molecule is Cc1ccc(C(CN[C@H]2CS(=O)(=O)C[C@@H]2S(=O)(=O)c2ccc(F)cc2C)N(C)C)cc1. The lowest BCUT2D eigenvalue weighted by molar-refractivity contribution is 0.282. The van der Waals surface area contributed by atoms with Crippen molar-refractivity contribution in [2.24, 2.45) is 0 Å². The molecule has 1 saturated heterocycles. The number of likely N-dealkylation sites (N-methyl/N-ethyl adjacent to an activating group) is 1. The number of rotatable bonds is 7. The first-order valence-electron chi connectivity index (χ1n) is 10.1. The standard InChI is InChI=1S/C22H29FN2O4S2/c1-15-5-7-17(8-6-15)20(25(3)4)12-24-19-13-30(26,27)14-22(19)31(28,29)21-10-9-18(23)11-16(21)2/h5-11,19-20,22,24H,12-14H2,1-4H3/t19-,20?,22-/m0/s1. The van der Waals surface area contributed by atoms with Gasteiger partial charge in [-0.25, -0.2) is 21.2 Å². The van der Waals surface area contributed by atoms with Gasteiger partial charge in [0.15, 0.2) is 19.7 Å². The van der Waals surface area contributed by atoms with Gasteiger partial charge in [0.05, 0.1) is 21.7 Å². The molecular weight excluding hydrogens is 439 g/mol. The maximum atomic E-state index is 13.5. The molecule has 1 fully saturated rings. The highest BCUT2D eigenvalue weighted by Crippen LogP contribution is 2.29. The first-order valence-corrected chi connectivity index (χ1v) is 13.4. The summed E-state index contributed by atoms with van der Waals surface area (Å²) in [5, 5.41) is 2.09. The Labute approximate surface area is 184 Å². The lowest BCUT2D eigenvalue weighted by atomic mass is 10.0. The van der Waals surface area contributed by atoms with E-state index < -0.39 is 42.5 Å². The van der Waals surface area contributed by atoms with E-state index in [2.05, 4.69) is 5.32 Å². The number of benzene rings is 2. The van der Waals surface area contributed by atoms with Gasteiger partial charge in [0.25, 0.3) is 0 Å². The second kappa shape index (κ2) is 8.97. The minimum Gasteiger partial charge on any atom is -0.310 e. The number of sulfone groups is 2. The van der Waals surface area contributed by atoms with Gasteiger partial charge in [0.1, 0.15) is 5.82 Å². The van der Waals surface area contributed by atoms with Crippen LogP contribution >= 0.6 is 0 Å². The molecule has 6 nitrogen and oxygen atoms in total. The van der Waals surface area contributed by atoms with Gasteiger partial charge in [-0.15, -0.1) is 0 Å². The summed E-state index contributed by atoms with van der Waals surface area (Å²) < 4.78 is 64.9. The second-order valence-electron chi connectivity index (χ2n) is 8.48. The zero-order valence-corrected chi connectivity index (χ0v) is 19.8. The molecule has 0 saturated carbocycles. The minimum atomic E-state index is -3.97. The van der Waals surface area contributed by atoms with E-state index in [1.807, 2.05) is 50.2 Å². The van der Waals surface area contributed by atoms with Crippen molar-refractivity contribution in [2.75, 3.05) is 32.1 Å². The Hall–Kier alpha value is -1.81. The van der Waals surface area contributed by atoms with E-state index in [-0.39, 0.29) is 22.3 Å². The predicted octanol–water partition coefficient (Wildman–Crippen LogP) is 2.27. The predicted molar refractivity (Wildman–Crippen MR) is 120 cm³/mol. The van der Waals surface area contributed by atoms with E-state index in [1.54, 1.807) is 0 Å². The van der Waals surface area contributed by atoms with Crippen LogP contribution in [0.3, 0.4) is 0 Å². The molecule has 0 spiro atoms. The summed E-state index contributed by atoms with van der Waals surface area (Å²) in [5.41, 5.74) is 2.46. The normalized spacial score (nSPS) is 22.0. The van der Waals surface area contributed by atoms with Crippen molar-refractivity contribution in [3.05, 3.63) is 65.0 Å². The minimum absolute atomic E-state index is 0.0227. The van der Waals surface area contributed by atoms with Crippen LogP contribution in [0.25, 0.3) is 0 Å². The van der Waals surface area contributed by atoms with Crippen molar-refractivity contribution >= 4 is 19.7 Å². The average Bonchev–Trinajstić information content (AvgIpc) is 2.98. The lowest BCUT2D eigenvalue weighted by Gasteiger charge is -2.28. The first-order chi connectivity index (χ1) is 14.4. The Morgan fingerprint density at radius 1 is 1.10 bits per heavy atom. The van der Waals surface area contributed by atoms with Crippen molar-refractivity contribution in [3.63, 3.8) is 0 Å². The number of halogens is 1. The van der Waals surface area contributed by atoms with Gasteiger partial charge >= 0.3 is 0 Å². The Bertz CT molecular complexity index is 1150. The molecule has 31 heavy (non-hydrogen) atoms. The van der Waals surface area contributed by atoms with Crippen LogP contribution in [-0.4, -0.2) is 65.2 Å². The number of nitrogens with zero attached hydrogens (tertiary/aromatic N) is 1. The first kappa shape index (κ1) is 23.8. The topological polar surface area (TPSA) is 83.5 Å². The van der Waals surface area contributed by atoms with Gasteiger partial charge in [-0.1, -0.05) is 29.8 Å². The van der Waals surface area contributed by atoms with Crippen LogP contribution in [0.2, 0.25) is 0 Å². The molecule has 2 aromatic carbocycles. The largest absolute Gasteiger partial charge is 0.310 e. The summed E-state index contributed by atoms with van der Waals surface area (Å²) >= 11 is 0. The molecule has 9 heteroatoms. The number of aryl methyl sites for hydroxylation is 2. The van der Waals surface area contributed by atoms with Crippen molar-refractivity contribution in [2.45, 2.75) is 36.1 Å². The number of nitrogens with one attached hydrogen (secondary N) is 1. The molecule has 0 bridgehead atoms. The molecule has 0 aromatic heterocycles. The Morgan fingerprint density at radius 2 is 1.74 bits per heavy atom. The van der Waals surface area contributed by atoms with Crippen LogP contribution in [0.15, 0.2) is 47.4 Å². The quantitative estimate of drug-likeness (QED) is 0.628. The highest BCUT2D eigenvalue weighted by molar-refractivity contribution is 7.96. The van der Waals surface area contributed by atoms with Crippen molar-refractivity contribution in [1.82, 2.24) is 10.2 Å². The molecule has 0 radical (unpaired) electrons. The number of hydrogen-bond acceptors (Lipinski definition) is 6. The van der Waals surface area contributed by atoms with Crippen LogP contribution in [-0.2, 0) is 19.7 Å². The summed E-state index contributed by atoms with van der Waals surface area (Å²) in [6.07, 6.45) is 0. The Morgan fingerprint density at radius 3 is 2.32 bits per heavy atom. The van der Waals surface area contributed by atoms with Crippen LogP contribution in [0.5, 0.6) is 0 Å². The molecule has 1 N–H and O–H groups in total. The molecule has 1 heterocycles. The van der Waals surface area contributed by atoms with E-state index in [0.717, 1.165) is 23.3 Å². The Kier molecular flexibility index (Phi) is 6.90. The third-order valence-electron chi connectivity index (χ3n) is 5.80. The van der Waals surface area contributed by atoms with E-state index in [4.69, 9.17) is 0 Å². The van der Waals surface area contributed by atoms with Gasteiger partial charge in [0.2, 0.25) is 0 Å². The third-order valence-corrected chi connectivity index (χ3v) is 10.1. The smallest absolute Gasteiger partial charge is 0.184 e. The van der Waals surface area contributed by atoms with Gasteiger partial charge in [-0.05, 0) is 57.3 Å². The van der Waals surface area contributed by atoms with Crippen molar-refractivity contribution < 1.29 is 21.2 Å². The molecule has 3 rings (SSSR count). The van der Waals surface area contributed by atoms with Gasteiger partial charge in [-0.2, -0.15) is 0 Å². The molecule has 0 aliphatic carbocycles. The summed E-state index contributed by atoms with van der Waals surface area (Å²) in [4.78, 5) is 1.99. The van der Waals surface area contributed by atoms with Crippen LogP contribution in [0, 0.1) is 19.7 Å². The zero-order chi connectivity index (χ0) is 23.0. The fourth-order valence-corrected chi connectivity index (χ4v) is 9.00. The van der Waals surface area contributed by atoms with Crippen LogP contribution in [0.1, 0.15) is 22.7 Å². The van der Waals surface area contributed by atoms with Crippen molar-refractivity contribution in [3.8, 4) is 0 Å². The third kappa shape index (κ3) is 5.34. The molecule has 1 aliphatic rings. The van der Waals surface area contributed by atoms with E-state index >= 15 is 0 Å². The monoisotopic (exact) mass is 468 g/mol. The van der Waals surface area contributed by atoms with Crippen LogP contribution in [0.4, 0.5) is 4.39 Å². The molecule has 3 atom stereocenters. The lowest BCUT2D eigenvalue weighted by Crippen LogP contribution is -2.46. The van der Waals surface area contributed by atoms with Crippen molar-refractivity contribution in [1.29, 1.82) is 0 Å². The molecule has 0 amide bonds. The van der Waals surface area contributed by atoms with Crippen LogP contribution < -0.4 is 5.32 Å².